The summed E-state index contributed by atoms with van der Waals surface area (Å²) >= 11 is 6.80. The number of thiophene rings is 1. The van der Waals surface area contributed by atoms with Gasteiger partial charge in [0.05, 0.1) is 0 Å². The summed E-state index contributed by atoms with van der Waals surface area (Å²) in [6.45, 7) is 2.67. The van der Waals surface area contributed by atoms with Gasteiger partial charge in [0.1, 0.15) is 6.04 Å². The number of nitrogens with one attached hydrogen (secondary N) is 1. The third-order valence-electron chi connectivity index (χ3n) is 3.56. The highest BCUT2D eigenvalue weighted by molar-refractivity contribution is 9.10. The Balaban J connectivity index is 1.78. The summed E-state index contributed by atoms with van der Waals surface area (Å²) in [5, 5.41) is 8.84. The van der Waals surface area contributed by atoms with Crippen LogP contribution < -0.4 is 5.48 Å². The van der Waals surface area contributed by atoms with E-state index in [1.165, 1.54) is 20.2 Å². The fraction of sp³-hybridized carbons (Fsp3) is 0.267. The molecule has 1 amide bonds. The van der Waals surface area contributed by atoms with Gasteiger partial charge in [-0.15, -0.1) is 11.3 Å². The van der Waals surface area contributed by atoms with Crippen molar-refractivity contribution in [1.29, 1.82) is 0 Å². The summed E-state index contributed by atoms with van der Waals surface area (Å²) in [6.07, 6.45) is 0.661. The van der Waals surface area contributed by atoms with Gasteiger partial charge >= 0.3 is 0 Å². The van der Waals surface area contributed by atoms with Crippen molar-refractivity contribution in [2.75, 3.05) is 0 Å². The van der Waals surface area contributed by atoms with Crippen LogP contribution in [0.5, 0.6) is 0 Å². The molecular formula is C15H15BrN2O2S2. The number of carbonyl (C=O) groups excluding carboxylic acids is 1. The van der Waals surface area contributed by atoms with Gasteiger partial charge in [-0.2, -0.15) is 0 Å². The zero-order chi connectivity index (χ0) is 15.7. The normalized spacial score (nSPS) is 15.6. The van der Waals surface area contributed by atoms with Gasteiger partial charge in [-0.25, -0.2) is 9.79 Å². The maximum atomic E-state index is 11.7. The molecule has 0 fully saturated rings. The van der Waals surface area contributed by atoms with Crippen LogP contribution >= 0.6 is 39.2 Å². The number of carbonyl (C=O) groups is 1. The van der Waals surface area contributed by atoms with Gasteiger partial charge < -0.3 is 0 Å². The fourth-order valence-electron chi connectivity index (χ4n) is 2.42. The van der Waals surface area contributed by atoms with E-state index in [9.17, 15) is 4.79 Å². The predicted octanol–water partition coefficient (Wildman–Crippen LogP) is 4.28. The van der Waals surface area contributed by atoms with Gasteiger partial charge in [0.25, 0.3) is 5.91 Å². The Labute approximate surface area is 145 Å². The lowest BCUT2D eigenvalue weighted by Crippen LogP contribution is -2.40. The molecule has 22 heavy (non-hydrogen) atoms. The topological polar surface area (TPSA) is 52.6 Å². The molecule has 0 spiro atoms. The van der Waals surface area contributed by atoms with Crippen molar-refractivity contribution in [3.63, 3.8) is 0 Å². The quantitative estimate of drug-likeness (QED) is 0.458. The van der Waals surface area contributed by atoms with E-state index < -0.39 is 0 Å². The second kappa shape index (κ2) is 6.72. The molecule has 0 aliphatic carbocycles. The van der Waals surface area contributed by atoms with E-state index in [1.807, 2.05) is 23.4 Å². The summed E-state index contributed by atoms with van der Waals surface area (Å²) in [5.41, 5.74) is 2.96. The first-order chi connectivity index (χ1) is 10.6. The van der Waals surface area contributed by atoms with E-state index in [2.05, 4.69) is 34.1 Å². The van der Waals surface area contributed by atoms with Crippen molar-refractivity contribution in [2.24, 2.45) is 0 Å². The molecule has 3 rings (SSSR count). The van der Waals surface area contributed by atoms with Gasteiger partial charge in [0, 0.05) is 25.7 Å². The average molecular weight is 399 g/mol. The van der Waals surface area contributed by atoms with Gasteiger partial charge in [0.2, 0.25) is 0 Å². The molecule has 0 saturated heterocycles. The molecule has 1 aromatic heterocycles. The van der Waals surface area contributed by atoms with Crippen LogP contribution in [0.4, 0.5) is 0 Å². The molecule has 2 N–H and O–H groups in total. The molecule has 7 heteroatoms. The Hall–Kier alpha value is -0.860. The number of hydroxylamine groups is 1. The zero-order valence-corrected chi connectivity index (χ0v) is 15.1. The lowest BCUT2D eigenvalue weighted by atomic mass is 10.2. The number of nitrogens with zero attached hydrogens (tertiary/aromatic N) is 1. The Kier molecular flexibility index (Phi) is 4.89. The van der Waals surface area contributed by atoms with Gasteiger partial charge in [-0.3, -0.25) is 10.0 Å². The highest BCUT2D eigenvalue weighted by atomic mass is 79.9. The molecular weight excluding hydrogens is 384 g/mol. The molecule has 1 aliphatic rings. The second-order valence-corrected chi connectivity index (χ2v) is 8.12. The number of halogens is 1. The number of rotatable bonds is 4. The van der Waals surface area contributed by atoms with Crippen LogP contribution in [-0.2, 0) is 11.3 Å². The third kappa shape index (κ3) is 3.09. The van der Waals surface area contributed by atoms with Crippen molar-refractivity contribution in [2.45, 2.75) is 30.8 Å². The highest BCUT2D eigenvalue weighted by Crippen LogP contribution is 2.45. The van der Waals surface area contributed by atoms with Crippen molar-refractivity contribution in [3.05, 3.63) is 39.7 Å². The first-order valence-electron chi connectivity index (χ1n) is 6.89. The Morgan fingerprint density at radius 2 is 2.18 bits per heavy atom. The van der Waals surface area contributed by atoms with Crippen LogP contribution in [0.15, 0.2) is 39.7 Å². The maximum Gasteiger partial charge on any atom is 0.261 e. The van der Waals surface area contributed by atoms with Gasteiger partial charge in [0.15, 0.2) is 0 Å². The van der Waals surface area contributed by atoms with Gasteiger partial charge in [-0.1, -0.05) is 35.0 Å². The first kappa shape index (κ1) is 16.0. The summed E-state index contributed by atoms with van der Waals surface area (Å²) < 4.78 is 3.10. The lowest BCUT2D eigenvalue weighted by Gasteiger charge is -2.22. The minimum absolute atomic E-state index is 0.314. The predicted molar refractivity (Wildman–Crippen MR) is 92.9 cm³/mol. The highest BCUT2D eigenvalue weighted by Gasteiger charge is 2.32. The van der Waals surface area contributed by atoms with E-state index in [-0.39, 0.29) is 11.9 Å². The molecule has 0 saturated carbocycles. The Bertz CT molecular complexity index is 664. The van der Waals surface area contributed by atoms with Crippen molar-refractivity contribution in [1.82, 2.24) is 9.79 Å². The third-order valence-corrected chi connectivity index (χ3v) is 6.57. The first-order valence-corrected chi connectivity index (χ1v) is 9.28. The molecule has 116 valence electrons. The summed E-state index contributed by atoms with van der Waals surface area (Å²) in [5.74, 6) is -0.349. The van der Waals surface area contributed by atoms with Crippen LogP contribution in [0.25, 0.3) is 10.4 Å². The number of amides is 1. The molecule has 1 aliphatic heterocycles. The standard InChI is InChI=1S/C15H15BrN2O2S2/c1-2-11(15(19)17-20)18-8-14-13(22-18)7-12(21-14)9-3-5-10(16)6-4-9/h3-7,11,20H,2,8H2,1H3,(H,17,19). The molecule has 0 radical (unpaired) electrons. The summed E-state index contributed by atoms with van der Waals surface area (Å²) in [4.78, 5) is 15.4. The largest absolute Gasteiger partial charge is 0.289 e. The van der Waals surface area contributed by atoms with Gasteiger partial charge in [-0.05, 0) is 42.1 Å². The van der Waals surface area contributed by atoms with E-state index in [4.69, 9.17) is 5.21 Å². The van der Waals surface area contributed by atoms with Crippen LogP contribution in [0.1, 0.15) is 18.2 Å². The average Bonchev–Trinajstić information content (AvgIpc) is 3.07. The smallest absolute Gasteiger partial charge is 0.261 e. The Morgan fingerprint density at radius 3 is 2.77 bits per heavy atom. The SMILES string of the molecule is CCC(C(=O)NO)N1Cc2sc(-c3ccc(Br)cc3)cc2S1. The Morgan fingerprint density at radius 1 is 1.45 bits per heavy atom. The molecule has 1 atom stereocenters. The van der Waals surface area contributed by atoms with Crippen molar-refractivity contribution in [3.8, 4) is 10.4 Å². The summed E-state index contributed by atoms with van der Waals surface area (Å²) in [6, 6.07) is 10.1. The number of hydrogen-bond acceptors (Lipinski definition) is 5. The fourth-order valence-corrected chi connectivity index (χ4v) is 5.30. The van der Waals surface area contributed by atoms with Crippen LogP contribution in [-0.4, -0.2) is 21.5 Å². The van der Waals surface area contributed by atoms with Crippen LogP contribution in [0.2, 0.25) is 0 Å². The van der Waals surface area contributed by atoms with Crippen molar-refractivity contribution >= 4 is 45.1 Å². The van der Waals surface area contributed by atoms with E-state index in [0.717, 1.165) is 11.0 Å². The number of benzene rings is 1. The molecule has 1 aromatic carbocycles. The maximum absolute atomic E-state index is 11.7. The van der Waals surface area contributed by atoms with E-state index in [1.54, 1.807) is 28.8 Å². The molecule has 2 heterocycles. The molecule has 1 unspecified atom stereocenters. The van der Waals surface area contributed by atoms with Crippen molar-refractivity contribution < 1.29 is 10.0 Å². The lowest BCUT2D eigenvalue weighted by molar-refractivity contribution is -0.133. The number of hydrogen-bond donors (Lipinski definition) is 2. The minimum atomic E-state index is -0.349. The zero-order valence-electron chi connectivity index (χ0n) is 11.9. The van der Waals surface area contributed by atoms with E-state index >= 15 is 0 Å². The minimum Gasteiger partial charge on any atom is -0.289 e. The molecule has 2 aromatic rings. The molecule has 4 nitrogen and oxygen atoms in total. The molecule has 0 bridgehead atoms. The van der Waals surface area contributed by atoms with Crippen LogP contribution in [0.3, 0.4) is 0 Å². The second-order valence-electron chi connectivity index (χ2n) is 4.97. The number of fused-ring (bicyclic) bond motifs is 1. The summed E-state index contributed by atoms with van der Waals surface area (Å²) in [7, 11) is 0. The van der Waals surface area contributed by atoms with E-state index in [0.29, 0.717) is 6.42 Å². The van der Waals surface area contributed by atoms with Crippen LogP contribution in [0, 0.1) is 0 Å². The monoisotopic (exact) mass is 398 g/mol.